The highest BCUT2D eigenvalue weighted by molar-refractivity contribution is 9.10. The van der Waals surface area contributed by atoms with Crippen molar-refractivity contribution in [1.29, 1.82) is 0 Å². The van der Waals surface area contributed by atoms with Gasteiger partial charge >= 0.3 is 0 Å². The van der Waals surface area contributed by atoms with Gasteiger partial charge in [0, 0.05) is 22.9 Å². The summed E-state index contributed by atoms with van der Waals surface area (Å²) in [7, 11) is 0. The van der Waals surface area contributed by atoms with Crippen LogP contribution in [0.25, 0.3) is 0 Å². The van der Waals surface area contributed by atoms with Crippen molar-refractivity contribution < 1.29 is 9.84 Å². The van der Waals surface area contributed by atoms with E-state index in [4.69, 9.17) is 4.74 Å². The fourth-order valence-electron chi connectivity index (χ4n) is 3.03. The monoisotopic (exact) mass is 346 g/mol. The minimum absolute atomic E-state index is 0.339. The molecular formula is C18H19BrO2. The molecule has 0 radical (unpaired) electrons. The van der Waals surface area contributed by atoms with Gasteiger partial charge in [-0.05, 0) is 24.1 Å². The normalized spacial score (nSPS) is 24.2. The topological polar surface area (TPSA) is 29.5 Å². The zero-order chi connectivity index (χ0) is 14.9. The highest BCUT2D eigenvalue weighted by atomic mass is 79.9. The zero-order valence-corrected chi connectivity index (χ0v) is 13.6. The summed E-state index contributed by atoms with van der Waals surface area (Å²) in [5.41, 5.74) is 1.79. The van der Waals surface area contributed by atoms with Crippen molar-refractivity contribution in [2.24, 2.45) is 0 Å². The van der Waals surface area contributed by atoms with Gasteiger partial charge < -0.3 is 9.84 Å². The first-order valence-corrected chi connectivity index (χ1v) is 8.12. The Hall–Kier alpha value is -1.32. The molecule has 2 nitrogen and oxygen atoms in total. The van der Waals surface area contributed by atoms with Gasteiger partial charge in [-0.15, -0.1) is 0 Å². The van der Waals surface area contributed by atoms with Crippen molar-refractivity contribution in [3.63, 3.8) is 0 Å². The lowest BCUT2D eigenvalue weighted by molar-refractivity contribution is -0.0168. The molecule has 0 amide bonds. The molecule has 3 rings (SSSR count). The lowest BCUT2D eigenvalue weighted by Gasteiger charge is -2.40. The summed E-state index contributed by atoms with van der Waals surface area (Å²) in [5.74, 6) is 0.793. The molecule has 2 aromatic carbocycles. The van der Waals surface area contributed by atoms with Crippen LogP contribution in [0.5, 0.6) is 5.75 Å². The molecule has 0 aliphatic carbocycles. The molecule has 0 aromatic heterocycles. The third-order valence-electron chi connectivity index (χ3n) is 4.24. The van der Waals surface area contributed by atoms with Crippen molar-refractivity contribution in [2.75, 3.05) is 0 Å². The van der Waals surface area contributed by atoms with Crippen LogP contribution < -0.4 is 4.74 Å². The summed E-state index contributed by atoms with van der Waals surface area (Å²) in [5, 5.41) is 10.5. The summed E-state index contributed by atoms with van der Waals surface area (Å²) < 4.78 is 7.31. The molecule has 1 aliphatic rings. The van der Waals surface area contributed by atoms with E-state index in [1.165, 1.54) is 5.56 Å². The van der Waals surface area contributed by atoms with Crippen molar-refractivity contribution in [2.45, 2.75) is 37.9 Å². The molecule has 1 aliphatic heterocycles. The first-order valence-electron chi connectivity index (χ1n) is 7.32. The van der Waals surface area contributed by atoms with Crippen molar-refractivity contribution >= 4 is 15.9 Å². The lowest BCUT2D eigenvalue weighted by atomic mass is 9.82. The van der Waals surface area contributed by atoms with Gasteiger partial charge in [-0.3, -0.25) is 0 Å². The van der Waals surface area contributed by atoms with Gasteiger partial charge in [0.25, 0.3) is 0 Å². The SMILES string of the molecule is CCC1(Cc2ccccc2)C[C@@H](O)c2ccc(Br)cc2O1. The second kappa shape index (κ2) is 5.82. The second-order valence-electron chi connectivity index (χ2n) is 5.70. The maximum absolute atomic E-state index is 10.5. The minimum atomic E-state index is -0.467. The molecule has 0 saturated heterocycles. The van der Waals surface area contributed by atoms with Crippen LogP contribution in [0, 0.1) is 0 Å². The van der Waals surface area contributed by atoms with Gasteiger partial charge in [0.1, 0.15) is 11.4 Å². The van der Waals surface area contributed by atoms with Crippen LogP contribution in [-0.4, -0.2) is 10.7 Å². The Balaban J connectivity index is 1.94. The van der Waals surface area contributed by atoms with Gasteiger partial charge in [-0.25, -0.2) is 0 Å². The molecule has 21 heavy (non-hydrogen) atoms. The van der Waals surface area contributed by atoms with Gasteiger partial charge in [-0.2, -0.15) is 0 Å². The fourth-order valence-corrected chi connectivity index (χ4v) is 3.37. The van der Waals surface area contributed by atoms with Gasteiger partial charge in [0.2, 0.25) is 0 Å². The molecule has 1 unspecified atom stereocenters. The molecule has 3 heteroatoms. The molecule has 0 saturated carbocycles. The molecule has 0 bridgehead atoms. The first-order chi connectivity index (χ1) is 10.1. The third kappa shape index (κ3) is 2.99. The van der Waals surface area contributed by atoms with Crippen LogP contribution in [0.3, 0.4) is 0 Å². The summed E-state index contributed by atoms with van der Waals surface area (Å²) in [6.07, 6.45) is 1.84. The quantitative estimate of drug-likeness (QED) is 0.875. The number of ether oxygens (including phenoxy) is 1. The maximum Gasteiger partial charge on any atom is 0.127 e. The van der Waals surface area contributed by atoms with Gasteiger partial charge in [0.15, 0.2) is 0 Å². The average molecular weight is 347 g/mol. The molecule has 1 N–H and O–H groups in total. The third-order valence-corrected chi connectivity index (χ3v) is 4.73. The van der Waals surface area contributed by atoms with E-state index in [0.29, 0.717) is 6.42 Å². The highest BCUT2D eigenvalue weighted by Gasteiger charge is 2.39. The van der Waals surface area contributed by atoms with Crippen LogP contribution >= 0.6 is 15.9 Å². The van der Waals surface area contributed by atoms with Crippen LogP contribution in [0.1, 0.15) is 37.0 Å². The number of hydrogen-bond acceptors (Lipinski definition) is 2. The van der Waals surface area contributed by atoms with E-state index in [1.807, 2.05) is 36.4 Å². The Morgan fingerprint density at radius 1 is 1.24 bits per heavy atom. The fraction of sp³-hybridized carbons (Fsp3) is 0.333. The minimum Gasteiger partial charge on any atom is -0.486 e. The number of rotatable bonds is 3. The number of aliphatic hydroxyl groups excluding tert-OH is 1. The summed E-state index contributed by atoms with van der Waals surface area (Å²) in [4.78, 5) is 0. The number of halogens is 1. The van der Waals surface area contributed by atoms with Crippen LogP contribution in [0.2, 0.25) is 0 Å². The van der Waals surface area contributed by atoms with E-state index in [2.05, 4.69) is 35.0 Å². The summed E-state index contributed by atoms with van der Waals surface area (Å²) >= 11 is 3.48. The summed E-state index contributed by atoms with van der Waals surface area (Å²) in [6, 6.07) is 16.2. The maximum atomic E-state index is 10.5. The van der Waals surface area contributed by atoms with Gasteiger partial charge in [0.05, 0.1) is 6.10 Å². The predicted molar refractivity (Wildman–Crippen MR) is 87.5 cm³/mol. The molecule has 1 heterocycles. The molecular weight excluding hydrogens is 328 g/mol. The lowest BCUT2D eigenvalue weighted by Crippen LogP contribution is -2.42. The number of fused-ring (bicyclic) bond motifs is 1. The molecule has 0 spiro atoms. The van der Waals surface area contributed by atoms with Crippen molar-refractivity contribution in [3.8, 4) is 5.75 Å². The van der Waals surface area contributed by atoms with Crippen molar-refractivity contribution in [1.82, 2.24) is 0 Å². The highest BCUT2D eigenvalue weighted by Crippen LogP contribution is 2.43. The number of hydrogen-bond donors (Lipinski definition) is 1. The van der Waals surface area contributed by atoms with E-state index in [1.54, 1.807) is 0 Å². The summed E-state index contributed by atoms with van der Waals surface area (Å²) in [6.45, 7) is 2.12. The van der Waals surface area contributed by atoms with Crippen molar-refractivity contribution in [3.05, 3.63) is 64.1 Å². The number of benzene rings is 2. The number of aliphatic hydroxyl groups is 1. The zero-order valence-electron chi connectivity index (χ0n) is 12.1. The predicted octanol–water partition coefficient (Wildman–Crippen LogP) is 4.66. The Morgan fingerprint density at radius 2 is 2.00 bits per heavy atom. The Labute approximate surface area is 133 Å². The van der Waals surface area contributed by atoms with E-state index in [0.717, 1.165) is 28.6 Å². The van der Waals surface area contributed by atoms with E-state index >= 15 is 0 Å². The van der Waals surface area contributed by atoms with Crippen LogP contribution in [0.15, 0.2) is 53.0 Å². The molecule has 2 aromatic rings. The molecule has 0 fully saturated rings. The van der Waals surface area contributed by atoms with E-state index in [-0.39, 0.29) is 5.60 Å². The van der Waals surface area contributed by atoms with Crippen LogP contribution in [-0.2, 0) is 6.42 Å². The van der Waals surface area contributed by atoms with E-state index < -0.39 is 6.10 Å². The van der Waals surface area contributed by atoms with E-state index in [9.17, 15) is 5.11 Å². The molecule has 110 valence electrons. The van der Waals surface area contributed by atoms with Gasteiger partial charge in [-0.1, -0.05) is 59.3 Å². The second-order valence-corrected chi connectivity index (χ2v) is 6.62. The smallest absolute Gasteiger partial charge is 0.127 e. The Bertz CT molecular complexity index is 626. The molecule has 2 atom stereocenters. The Morgan fingerprint density at radius 3 is 2.71 bits per heavy atom. The largest absolute Gasteiger partial charge is 0.486 e. The first kappa shape index (κ1) is 14.6. The standard InChI is InChI=1S/C18H19BrO2/c1-2-18(11-13-6-4-3-5-7-13)12-16(20)15-9-8-14(19)10-17(15)21-18/h3-10,16,20H,2,11-12H2,1H3/t16-,18?/m1/s1. The Kier molecular flexibility index (Phi) is 4.05. The van der Waals surface area contributed by atoms with Crippen LogP contribution in [0.4, 0.5) is 0 Å². The average Bonchev–Trinajstić information content (AvgIpc) is 2.47.